The molecule has 2 nitrogen and oxygen atoms in total. The van der Waals surface area contributed by atoms with Crippen LogP contribution >= 0.6 is 58.6 Å². The molecule has 0 aromatic heterocycles. The van der Waals surface area contributed by atoms with Gasteiger partial charge in [-0.25, -0.2) is 0 Å². The van der Waals surface area contributed by atoms with Crippen LogP contribution in [0.3, 0.4) is 0 Å². The SMILES string of the molecule is CC(C)(CC(=O)c1ccc(/C=C/C(c2cc(Cl)c(Cl)c(Cl)c2)C(F)(F)F)cc1Cl)C(=S)NCC(F)(F)F. The second kappa shape index (κ2) is 12.1. The fraction of sp³-hybridized carbons (Fsp3) is 0.333. The molecule has 0 saturated heterocycles. The maximum absolute atomic E-state index is 13.7. The fourth-order valence-electron chi connectivity index (χ4n) is 3.23. The van der Waals surface area contributed by atoms with Crippen molar-refractivity contribution in [3.05, 3.63) is 73.2 Å². The van der Waals surface area contributed by atoms with E-state index in [0.29, 0.717) is 0 Å². The van der Waals surface area contributed by atoms with Gasteiger partial charge in [-0.15, -0.1) is 0 Å². The summed E-state index contributed by atoms with van der Waals surface area (Å²) in [5.74, 6) is -2.56. The molecule has 2 rings (SSSR count). The summed E-state index contributed by atoms with van der Waals surface area (Å²) in [6.07, 6.45) is -7.35. The lowest BCUT2D eigenvalue weighted by molar-refractivity contribution is -0.139. The number of alkyl halides is 6. The van der Waals surface area contributed by atoms with E-state index in [1.54, 1.807) is 0 Å². The van der Waals surface area contributed by atoms with Gasteiger partial charge in [0, 0.05) is 17.4 Å². The summed E-state index contributed by atoms with van der Waals surface area (Å²) in [7, 11) is 0. The first-order valence-electron chi connectivity index (χ1n) is 10.4. The maximum atomic E-state index is 13.7. The van der Waals surface area contributed by atoms with Gasteiger partial charge in [-0.1, -0.05) is 90.7 Å². The summed E-state index contributed by atoms with van der Waals surface area (Å²) in [5.41, 5.74) is -1.02. The van der Waals surface area contributed by atoms with Crippen LogP contribution in [-0.2, 0) is 0 Å². The van der Waals surface area contributed by atoms with Crippen LogP contribution in [0.1, 0.15) is 47.7 Å². The molecule has 0 fully saturated rings. The van der Waals surface area contributed by atoms with Gasteiger partial charge >= 0.3 is 12.4 Å². The van der Waals surface area contributed by atoms with Gasteiger partial charge in [0.1, 0.15) is 6.54 Å². The Morgan fingerprint density at radius 1 is 0.973 bits per heavy atom. The first kappa shape index (κ1) is 31.7. The lowest BCUT2D eigenvalue weighted by Crippen LogP contribution is -2.41. The molecular formula is C24H19Cl4F6NOS. The van der Waals surface area contributed by atoms with Crippen LogP contribution in [0.4, 0.5) is 26.3 Å². The van der Waals surface area contributed by atoms with Crippen molar-refractivity contribution in [2.45, 2.75) is 38.5 Å². The lowest BCUT2D eigenvalue weighted by Gasteiger charge is -2.26. The zero-order valence-corrected chi connectivity index (χ0v) is 23.0. The molecule has 1 N–H and O–H groups in total. The monoisotopic (exact) mass is 623 g/mol. The van der Waals surface area contributed by atoms with Crippen molar-refractivity contribution in [3.8, 4) is 0 Å². The highest BCUT2D eigenvalue weighted by Crippen LogP contribution is 2.41. The van der Waals surface area contributed by atoms with Gasteiger partial charge in [-0.2, -0.15) is 26.3 Å². The molecule has 0 aliphatic heterocycles. The van der Waals surface area contributed by atoms with Crippen LogP contribution in [0.5, 0.6) is 0 Å². The molecule has 0 amide bonds. The highest BCUT2D eigenvalue weighted by Gasteiger charge is 2.39. The molecular weight excluding hydrogens is 606 g/mol. The molecule has 0 bridgehead atoms. The average molecular weight is 625 g/mol. The molecule has 1 atom stereocenters. The van der Waals surface area contributed by atoms with Gasteiger partial charge < -0.3 is 5.32 Å². The number of halogens is 10. The minimum absolute atomic E-state index is 0.0433. The molecule has 0 saturated carbocycles. The fourth-order valence-corrected chi connectivity index (χ4v) is 4.28. The summed E-state index contributed by atoms with van der Waals surface area (Å²) in [4.78, 5) is 12.6. The van der Waals surface area contributed by atoms with Gasteiger partial charge in [0.25, 0.3) is 0 Å². The van der Waals surface area contributed by atoms with Crippen LogP contribution in [0.25, 0.3) is 6.08 Å². The summed E-state index contributed by atoms with van der Waals surface area (Å²) in [5, 5.41) is 1.73. The van der Waals surface area contributed by atoms with E-state index >= 15 is 0 Å². The van der Waals surface area contributed by atoms with Crippen molar-refractivity contribution >= 4 is 75.5 Å². The third-order valence-corrected chi connectivity index (χ3v) is 7.37. The van der Waals surface area contributed by atoms with E-state index in [0.717, 1.165) is 18.2 Å². The van der Waals surface area contributed by atoms with Crippen molar-refractivity contribution in [1.29, 1.82) is 0 Å². The Bertz CT molecular complexity index is 1190. The third-order valence-electron chi connectivity index (χ3n) is 5.16. The average Bonchev–Trinajstić information content (AvgIpc) is 2.74. The highest BCUT2D eigenvalue weighted by atomic mass is 35.5. The number of carbonyl (C=O) groups is 1. The third kappa shape index (κ3) is 9.03. The van der Waals surface area contributed by atoms with E-state index in [9.17, 15) is 31.1 Å². The summed E-state index contributed by atoms with van der Waals surface area (Å²) < 4.78 is 78.6. The number of nitrogens with one attached hydrogen (secondary N) is 1. The van der Waals surface area contributed by atoms with E-state index in [-0.39, 0.29) is 48.2 Å². The number of allylic oxidation sites excluding steroid dienone is 1. The largest absolute Gasteiger partial charge is 0.405 e. The zero-order valence-electron chi connectivity index (χ0n) is 19.1. The quantitative estimate of drug-likeness (QED) is 0.137. The Hall–Kier alpha value is -1.52. The standard InChI is InChI=1S/C24H19Cl4F6NOS/c1-22(2,21(37)35-11-23(29,30)31)10-19(36)14-5-3-12(7-16(14)25)4-6-15(24(32,33)34)13-8-17(26)20(28)18(27)9-13/h3-9,15H,10-11H2,1-2H3,(H,35,37)/b6-4+. The minimum atomic E-state index is -4.68. The van der Waals surface area contributed by atoms with E-state index in [1.807, 2.05) is 0 Å². The topological polar surface area (TPSA) is 29.1 Å². The van der Waals surface area contributed by atoms with Crippen LogP contribution in [-0.4, -0.2) is 29.7 Å². The Kier molecular flexibility index (Phi) is 10.4. The van der Waals surface area contributed by atoms with Crippen LogP contribution in [0.15, 0.2) is 36.4 Å². The normalized spacial score (nSPS) is 13.6. The van der Waals surface area contributed by atoms with Crippen LogP contribution in [0.2, 0.25) is 20.1 Å². The Balaban J connectivity index is 2.24. The smallest absolute Gasteiger partial charge is 0.371 e. The van der Waals surface area contributed by atoms with E-state index in [1.165, 1.54) is 38.1 Å². The van der Waals surface area contributed by atoms with Crippen LogP contribution in [0, 0.1) is 5.41 Å². The van der Waals surface area contributed by atoms with Gasteiger partial charge in [-0.3, -0.25) is 4.79 Å². The second-order valence-electron chi connectivity index (χ2n) is 8.70. The van der Waals surface area contributed by atoms with Gasteiger partial charge in [-0.05, 0) is 35.4 Å². The zero-order chi connectivity index (χ0) is 28.3. The maximum Gasteiger partial charge on any atom is 0.405 e. The van der Waals surface area contributed by atoms with Gasteiger partial charge in [0.05, 0.1) is 31.0 Å². The van der Waals surface area contributed by atoms with Gasteiger partial charge in [0.15, 0.2) is 5.78 Å². The van der Waals surface area contributed by atoms with Crippen molar-refractivity contribution in [1.82, 2.24) is 5.32 Å². The molecule has 0 aliphatic rings. The molecule has 13 heteroatoms. The number of thiocarbonyl (C=S) groups is 1. The van der Waals surface area contributed by atoms with Crippen molar-refractivity contribution in [2.24, 2.45) is 5.41 Å². The Labute approximate surface area is 234 Å². The molecule has 0 heterocycles. The summed E-state index contributed by atoms with van der Waals surface area (Å²) in [6.45, 7) is 1.68. The predicted molar refractivity (Wildman–Crippen MR) is 140 cm³/mol. The number of rotatable bonds is 8. The molecule has 0 spiro atoms. The second-order valence-corrected chi connectivity index (χ2v) is 10.7. The molecule has 202 valence electrons. The first-order chi connectivity index (χ1) is 16.8. The van der Waals surface area contributed by atoms with E-state index in [4.69, 9.17) is 58.6 Å². The van der Waals surface area contributed by atoms with Gasteiger partial charge in [0.2, 0.25) is 0 Å². The highest BCUT2D eigenvalue weighted by molar-refractivity contribution is 7.80. The van der Waals surface area contributed by atoms with E-state index < -0.39 is 36.0 Å². The lowest BCUT2D eigenvalue weighted by atomic mass is 9.85. The number of benzene rings is 2. The minimum Gasteiger partial charge on any atom is -0.371 e. The Morgan fingerprint density at radius 3 is 2.03 bits per heavy atom. The summed E-state index contributed by atoms with van der Waals surface area (Å²) in [6, 6.07) is 6.16. The van der Waals surface area contributed by atoms with E-state index in [2.05, 4.69) is 5.32 Å². The van der Waals surface area contributed by atoms with Crippen molar-refractivity contribution in [2.75, 3.05) is 6.54 Å². The molecule has 2 aromatic carbocycles. The van der Waals surface area contributed by atoms with Crippen molar-refractivity contribution < 1.29 is 31.1 Å². The van der Waals surface area contributed by atoms with Crippen molar-refractivity contribution in [3.63, 3.8) is 0 Å². The first-order valence-corrected chi connectivity index (χ1v) is 12.3. The molecule has 0 aliphatic carbocycles. The number of hydrogen-bond acceptors (Lipinski definition) is 2. The number of ketones is 1. The molecule has 0 radical (unpaired) electrons. The number of Topliss-reactive ketones (excluding diaryl/α,β-unsaturated/α-hetero) is 1. The van der Waals surface area contributed by atoms with Crippen LogP contribution < -0.4 is 5.32 Å². The predicted octanol–water partition coefficient (Wildman–Crippen LogP) is 9.74. The molecule has 1 unspecified atom stereocenters. The molecule has 37 heavy (non-hydrogen) atoms. The number of hydrogen-bond donors (Lipinski definition) is 1. The summed E-state index contributed by atoms with van der Waals surface area (Å²) >= 11 is 28.8. The Morgan fingerprint density at radius 2 is 1.54 bits per heavy atom. The molecule has 2 aromatic rings. The number of carbonyl (C=O) groups excluding carboxylic acids is 1.